The summed E-state index contributed by atoms with van der Waals surface area (Å²) in [7, 11) is 1.74. The molecule has 2 aromatic rings. The number of anilines is 1. The molecule has 4 heteroatoms. The Labute approximate surface area is 155 Å². The number of ketones is 1. The number of aliphatic hydroxyl groups excluding tert-OH is 1. The zero-order valence-corrected chi connectivity index (χ0v) is 15.7. The normalized spacial score (nSPS) is 13.1. The van der Waals surface area contributed by atoms with E-state index < -0.39 is 12.0 Å². The van der Waals surface area contributed by atoms with E-state index >= 15 is 0 Å². The SMILES string of the molecule is CCCC[C@@H](C(=O)N(C)c1ccccc1)[C@H](O)c1ccc(C(C)=O)cc1. The minimum absolute atomic E-state index is 0.0199. The molecule has 138 valence electrons. The molecule has 4 nitrogen and oxygen atoms in total. The van der Waals surface area contributed by atoms with Gasteiger partial charge in [0.25, 0.3) is 0 Å². The molecule has 0 unspecified atom stereocenters. The Balaban J connectivity index is 2.24. The van der Waals surface area contributed by atoms with E-state index in [2.05, 4.69) is 6.92 Å². The second kappa shape index (κ2) is 9.30. The zero-order valence-electron chi connectivity index (χ0n) is 15.7. The van der Waals surface area contributed by atoms with E-state index in [1.54, 1.807) is 36.2 Å². The first-order valence-corrected chi connectivity index (χ1v) is 9.07. The highest BCUT2D eigenvalue weighted by Gasteiger charge is 2.30. The molecule has 0 saturated carbocycles. The standard InChI is InChI=1S/C22H27NO3/c1-4-5-11-20(22(26)23(3)19-9-7-6-8-10-19)21(25)18-14-12-17(13-15-18)16(2)24/h6-10,12-15,20-21,25H,4-5,11H2,1-3H3/t20-,21-/m1/s1. The van der Waals surface area contributed by atoms with Crippen molar-refractivity contribution in [3.8, 4) is 0 Å². The summed E-state index contributed by atoms with van der Waals surface area (Å²) < 4.78 is 0. The second-order valence-corrected chi connectivity index (χ2v) is 6.60. The Hall–Kier alpha value is -2.46. The monoisotopic (exact) mass is 353 g/mol. The molecule has 2 atom stereocenters. The van der Waals surface area contributed by atoms with Gasteiger partial charge >= 0.3 is 0 Å². The van der Waals surface area contributed by atoms with Crippen LogP contribution in [0.5, 0.6) is 0 Å². The fourth-order valence-electron chi connectivity index (χ4n) is 3.02. The summed E-state index contributed by atoms with van der Waals surface area (Å²) in [5, 5.41) is 10.9. The number of Topliss-reactive ketones (excluding diaryl/α,β-unsaturated/α-hetero) is 1. The molecule has 0 aliphatic carbocycles. The summed E-state index contributed by atoms with van der Waals surface area (Å²) in [6.07, 6.45) is 1.53. The van der Waals surface area contributed by atoms with Crippen molar-refractivity contribution in [1.82, 2.24) is 0 Å². The molecule has 2 aromatic carbocycles. The maximum Gasteiger partial charge on any atom is 0.232 e. The van der Waals surface area contributed by atoms with Crippen LogP contribution in [0.2, 0.25) is 0 Å². The molecule has 1 N–H and O–H groups in total. The molecule has 0 bridgehead atoms. The van der Waals surface area contributed by atoms with Crippen LogP contribution in [-0.4, -0.2) is 23.8 Å². The number of carbonyl (C=O) groups is 2. The minimum Gasteiger partial charge on any atom is -0.388 e. The van der Waals surface area contributed by atoms with Gasteiger partial charge in [-0.1, -0.05) is 62.2 Å². The van der Waals surface area contributed by atoms with Crippen LogP contribution in [0.4, 0.5) is 5.69 Å². The lowest BCUT2D eigenvalue weighted by atomic mass is 9.89. The summed E-state index contributed by atoms with van der Waals surface area (Å²) in [5.74, 6) is -0.649. The third-order valence-electron chi connectivity index (χ3n) is 4.70. The van der Waals surface area contributed by atoms with Gasteiger partial charge in [0.15, 0.2) is 5.78 Å². The average molecular weight is 353 g/mol. The maximum atomic E-state index is 13.1. The first-order valence-electron chi connectivity index (χ1n) is 9.07. The van der Waals surface area contributed by atoms with E-state index in [9.17, 15) is 14.7 Å². The van der Waals surface area contributed by atoms with E-state index in [-0.39, 0.29) is 11.7 Å². The maximum absolute atomic E-state index is 13.1. The van der Waals surface area contributed by atoms with E-state index in [4.69, 9.17) is 0 Å². The van der Waals surface area contributed by atoms with Gasteiger partial charge in [-0.25, -0.2) is 0 Å². The lowest BCUT2D eigenvalue weighted by Crippen LogP contribution is -2.36. The predicted molar refractivity (Wildman–Crippen MR) is 104 cm³/mol. The van der Waals surface area contributed by atoms with Crippen molar-refractivity contribution in [3.63, 3.8) is 0 Å². The molecule has 0 radical (unpaired) electrons. The van der Waals surface area contributed by atoms with Crippen molar-refractivity contribution >= 4 is 17.4 Å². The van der Waals surface area contributed by atoms with Crippen molar-refractivity contribution < 1.29 is 14.7 Å². The highest BCUT2D eigenvalue weighted by Crippen LogP contribution is 2.29. The lowest BCUT2D eigenvalue weighted by Gasteiger charge is -2.27. The van der Waals surface area contributed by atoms with Crippen molar-refractivity contribution in [2.45, 2.75) is 39.2 Å². The topological polar surface area (TPSA) is 57.6 Å². The Morgan fingerprint density at radius 1 is 1.04 bits per heavy atom. The number of unbranched alkanes of at least 4 members (excludes halogenated alkanes) is 1. The fraction of sp³-hybridized carbons (Fsp3) is 0.364. The van der Waals surface area contributed by atoms with Gasteiger partial charge < -0.3 is 10.0 Å². The summed E-state index contributed by atoms with van der Waals surface area (Å²) in [5.41, 5.74) is 2.06. The van der Waals surface area contributed by atoms with Crippen LogP contribution < -0.4 is 4.90 Å². The van der Waals surface area contributed by atoms with Gasteiger partial charge in [-0.3, -0.25) is 9.59 Å². The summed E-state index contributed by atoms with van der Waals surface area (Å²) >= 11 is 0. The lowest BCUT2D eigenvalue weighted by molar-refractivity contribution is -0.126. The van der Waals surface area contributed by atoms with E-state index in [1.165, 1.54) is 6.92 Å². The number of amides is 1. The van der Waals surface area contributed by atoms with Crippen molar-refractivity contribution in [2.24, 2.45) is 5.92 Å². The number of rotatable bonds is 8. The number of benzene rings is 2. The molecule has 26 heavy (non-hydrogen) atoms. The molecule has 2 rings (SSSR count). The second-order valence-electron chi connectivity index (χ2n) is 6.60. The summed E-state index contributed by atoms with van der Waals surface area (Å²) in [4.78, 5) is 26.1. The van der Waals surface area contributed by atoms with Gasteiger partial charge in [0.1, 0.15) is 0 Å². The molecule has 1 amide bonds. The van der Waals surface area contributed by atoms with Crippen LogP contribution in [0.3, 0.4) is 0 Å². The van der Waals surface area contributed by atoms with Crippen LogP contribution in [0.15, 0.2) is 54.6 Å². The highest BCUT2D eigenvalue weighted by molar-refractivity contribution is 5.95. The highest BCUT2D eigenvalue weighted by atomic mass is 16.3. The van der Waals surface area contributed by atoms with Gasteiger partial charge in [0.05, 0.1) is 12.0 Å². The minimum atomic E-state index is -0.902. The van der Waals surface area contributed by atoms with Crippen LogP contribution in [-0.2, 0) is 4.79 Å². The molecule has 0 saturated heterocycles. The van der Waals surface area contributed by atoms with Crippen LogP contribution in [0.25, 0.3) is 0 Å². The molecule has 0 aliphatic heterocycles. The Kier molecular flexibility index (Phi) is 7.10. The van der Waals surface area contributed by atoms with Gasteiger partial charge in [-0.05, 0) is 31.0 Å². The Bertz CT molecular complexity index is 725. The van der Waals surface area contributed by atoms with Crippen LogP contribution in [0.1, 0.15) is 55.1 Å². The Morgan fingerprint density at radius 2 is 1.65 bits per heavy atom. The molecular weight excluding hydrogens is 326 g/mol. The molecule has 0 fully saturated rings. The molecule has 0 spiro atoms. The average Bonchev–Trinajstić information content (AvgIpc) is 2.68. The summed E-state index contributed by atoms with van der Waals surface area (Å²) in [6.45, 7) is 3.57. The largest absolute Gasteiger partial charge is 0.388 e. The van der Waals surface area contributed by atoms with Gasteiger partial charge in [0.2, 0.25) is 5.91 Å². The molecular formula is C22H27NO3. The zero-order chi connectivity index (χ0) is 19.1. The third kappa shape index (κ3) is 4.79. The number of aliphatic hydroxyl groups is 1. The van der Waals surface area contributed by atoms with Gasteiger partial charge in [-0.15, -0.1) is 0 Å². The van der Waals surface area contributed by atoms with Crippen molar-refractivity contribution in [3.05, 3.63) is 65.7 Å². The van der Waals surface area contributed by atoms with Crippen LogP contribution >= 0.6 is 0 Å². The van der Waals surface area contributed by atoms with E-state index in [0.29, 0.717) is 17.5 Å². The number of carbonyl (C=O) groups excluding carboxylic acids is 2. The number of hydrogen-bond donors (Lipinski definition) is 1. The number of hydrogen-bond acceptors (Lipinski definition) is 3. The fourth-order valence-corrected chi connectivity index (χ4v) is 3.02. The molecule has 0 aliphatic rings. The summed E-state index contributed by atoms with van der Waals surface area (Å²) in [6, 6.07) is 16.3. The predicted octanol–water partition coefficient (Wildman–Crippen LogP) is 4.39. The number of nitrogens with zero attached hydrogens (tertiary/aromatic N) is 1. The van der Waals surface area contributed by atoms with Gasteiger partial charge in [0, 0.05) is 18.3 Å². The first-order chi connectivity index (χ1) is 12.5. The first kappa shape index (κ1) is 19.9. The van der Waals surface area contributed by atoms with Gasteiger partial charge in [-0.2, -0.15) is 0 Å². The molecule has 0 aromatic heterocycles. The van der Waals surface area contributed by atoms with E-state index in [1.807, 2.05) is 30.3 Å². The van der Waals surface area contributed by atoms with Crippen LogP contribution in [0, 0.1) is 5.92 Å². The quantitative estimate of drug-likeness (QED) is 0.716. The molecule has 0 heterocycles. The van der Waals surface area contributed by atoms with Crippen molar-refractivity contribution in [2.75, 3.05) is 11.9 Å². The van der Waals surface area contributed by atoms with E-state index in [0.717, 1.165) is 18.5 Å². The third-order valence-corrected chi connectivity index (χ3v) is 4.70. The Morgan fingerprint density at radius 3 is 2.19 bits per heavy atom. The smallest absolute Gasteiger partial charge is 0.232 e. The number of para-hydroxylation sites is 1. The van der Waals surface area contributed by atoms with Crippen molar-refractivity contribution in [1.29, 1.82) is 0 Å².